The number of hydrogen-bond acceptors (Lipinski definition) is 7. The molecule has 2 aliphatic rings. The Bertz CT molecular complexity index is 1530. The fourth-order valence-electron chi connectivity index (χ4n) is 6.08. The van der Waals surface area contributed by atoms with Crippen molar-refractivity contribution in [1.29, 1.82) is 0 Å². The molecule has 2 aromatic carbocycles. The maximum Gasteiger partial charge on any atom is 0.211 e. The summed E-state index contributed by atoms with van der Waals surface area (Å²) >= 11 is 0. The second-order valence-electron chi connectivity index (χ2n) is 11.7. The average molecular weight is 647 g/mol. The quantitative estimate of drug-likeness (QED) is 0.365. The van der Waals surface area contributed by atoms with Crippen LogP contribution in [-0.2, 0) is 29.7 Å². The van der Waals surface area contributed by atoms with Gasteiger partial charge < -0.3 is 4.90 Å². The second kappa shape index (κ2) is 13.4. The van der Waals surface area contributed by atoms with Gasteiger partial charge in [-0.3, -0.25) is 0 Å². The molecule has 0 saturated carbocycles. The predicted octanol–water partition coefficient (Wildman–Crippen LogP) is 3.83. The van der Waals surface area contributed by atoms with E-state index in [0.29, 0.717) is 37.8 Å². The Balaban J connectivity index is 1.31. The number of piperidine rings is 2. The summed E-state index contributed by atoms with van der Waals surface area (Å²) in [5.41, 5.74) is 1.26. The third-order valence-corrected chi connectivity index (χ3v) is 13.4. The van der Waals surface area contributed by atoms with Crippen LogP contribution < -0.4 is 0 Å². The number of nitrogens with zero attached hydrogens (tertiary/aromatic N) is 2. The number of halogens is 2. The van der Waals surface area contributed by atoms with Gasteiger partial charge in [-0.25, -0.2) is 38.3 Å². The Morgan fingerprint density at radius 1 is 0.786 bits per heavy atom. The highest BCUT2D eigenvalue weighted by atomic mass is 32.2. The minimum absolute atomic E-state index is 0.109. The Kier molecular flexibility index (Phi) is 10.5. The van der Waals surface area contributed by atoms with Gasteiger partial charge in [0, 0.05) is 31.3 Å². The SMILES string of the molecule is CS(=O)(=O)c1ccc(C(CCN2CCC(CCS(=O)(=O)C3CCN(S(C)(=O)=O)CC3)CC2)c2cc(F)cc(F)c2)cc1. The average Bonchev–Trinajstić information content (AvgIpc) is 2.92. The maximum atomic E-state index is 14.1. The third kappa shape index (κ3) is 8.81. The molecule has 234 valence electrons. The zero-order valence-electron chi connectivity index (χ0n) is 24.1. The van der Waals surface area contributed by atoms with E-state index < -0.39 is 46.6 Å². The van der Waals surface area contributed by atoms with Crippen LogP contribution in [-0.4, -0.2) is 90.7 Å². The molecule has 1 unspecified atom stereocenters. The number of benzene rings is 2. The molecule has 0 aliphatic carbocycles. The lowest BCUT2D eigenvalue weighted by atomic mass is 9.87. The lowest BCUT2D eigenvalue weighted by Crippen LogP contribution is -2.42. The Hall–Kier alpha value is -1.93. The number of sulfone groups is 2. The molecule has 2 aliphatic heterocycles. The number of sulfonamides is 1. The first kappa shape index (κ1) is 33.0. The topological polar surface area (TPSA) is 109 Å². The van der Waals surface area contributed by atoms with Crippen molar-refractivity contribution in [3.63, 3.8) is 0 Å². The molecular formula is C29H40F2N2O6S3. The number of rotatable bonds is 11. The van der Waals surface area contributed by atoms with E-state index >= 15 is 0 Å². The molecular weight excluding hydrogens is 607 g/mol. The van der Waals surface area contributed by atoms with Crippen molar-refractivity contribution in [2.24, 2.45) is 5.92 Å². The molecule has 0 radical (unpaired) electrons. The Labute approximate surface area is 249 Å². The standard InChI is InChI=1S/C29H40F2N2O6S3/c1-40(34,35)27-5-3-23(4-6-27)29(24-19-25(30)21-26(31)20-24)11-15-32-13-7-22(8-14-32)12-18-42(38,39)28-9-16-33(17-10-28)41(2,36)37/h3-6,19-22,28-29H,7-18H2,1-2H3. The molecule has 2 heterocycles. The van der Waals surface area contributed by atoms with E-state index in [2.05, 4.69) is 4.90 Å². The Morgan fingerprint density at radius 3 is 1.88 bits per heavy atom. The van der Waals surface area contributed by atoms with Crippen LogP contribution in [0.3, 0.4) is 0 Å². The highest BCUT2D eigenvalue weighted by Gasteiger charge is 2.33. The van der Waals surface area contributed by atoms with Gasteiger partial charge in [0.1, 0.15) is 11.6 Å². The van der Waals surface area contributed by atoms with Crippen LogP contribution in [0.15, 0.2) is 47.4 Å². The van der Waals surface area contributed by atoms with Gasteiger partial charge in [-0.15, -0.1) is 0 Å². The van der Waals surface area contributed by atoms with Gasteiger partial charge in [0.05, 0.1) is 22.2 Å². The normalized spacial score (nSPS) is 19.6. The molecule has 2 aromatic rings. The van der Waals surface area contributed by atoms with Gasteiger partial charge in [0.25, 0.3) is 0 Å². The molecule has 2 fully saturated rings. The predicted molar refractivity (Wildman–Crippen MR) is 159 cm³/mol. The largest absolute Gasteiger partial charge is 0.303 e. The fraction of sp³-hybridized carbons (Fsp3) is 0.586. The molecule has 0 amide bonds. The fourth-order valence-corrected chi connectivity index (χ4v) is 9.51. The zero-order chi connectivity index (χ0) is 30.7. The minimum Gasteiger partial charge on any atom is -0.303 e. The van der Waals surface area contributed by atoms with Crippen LogP contribution in [0, 0.1) is 17.6 Å². The van der Waals surface area contributed by atoms with Crippen LogP contribution in [0.1, 0.15) is 55.6 Å². The van der Waals surface area contributed by atoms with Crippen molar-refractivity contribution in [1.82, 2.24) is 9.21 Å². The van der Waals surface area contributed by atoms with Gasteiger partial charge in [-0.2, -0.15) is 0 Å². The van der Waals surface area contributed by atoms with E-state index in [9.17, 15) is 34.0 Å². The van der Waals surface area contributed by atoms with Crippen molar-refractivity contribution in [3.8, 4) is 0 Å². The molecule has 0 bridgehead atoms. The first-order valence-corrected chi connectivity index (χ1v) is 19.7. The van der Waals surface area contributed by atoms with Crippen molar-refractivity contribution in [2.75, 3.05) is 51.0 Å². The third-order valence-electron chi connectivity index (χ3n) is 8.63. The molecule has 1 atom stereocenters. The lowest BCUT2D eigenvalue weighted by molar-refractivity contribution is 0.178. The summed E-state index contributed by atoms with van der Waals surface area (Å²) < 4.78 is 103. The van der Waals surface area contributed by atoms with E-state index in [4.69, 9.17) is 0 Å². The molecule has 8 nitrogen and oxygen atoms in total. The Morgan fingerprint density at radius 2 is 1.36 bits per heavy atom. The monoisotopic (exact) mass is 646 g/mol. The molecule has 13 heteroatoms. The highest BCUT2D eigenvalue weighted by molar-refractivity contribution is 7.92. The van der Waals surface area contributed by atoms with Crippen molar-refractivity contribution in [2.45, 2.75) is 54.6 Å². The van der Waals surface area contributed by atoms with E-state index in [-0.39, 0.29) is 35.6 Å². The van der Waals surface area contributed by atoms with Gasteiger partial charge in [0.15, 0.2) is 19.7 Å². The first-order chi connectivity index (χ1) is 19.6. The minimum atomic E-state index is -3.38. The molecule has 42 heavy (non-hydrogen) atoms. The zero-order valence-corrected chi connectivity index (χ0v) is 26.5. The molecule has 4 rings (SSSR count). The molecule has 0 spiro atoms. The number of hydrogen-bond donors (Lipinski definition) is 0. The van der Waals surface area contributed by atoms with Crippen LogP contribution >= 0.6 is 0 Å². The lowest BCUT2D eigenvalue weighted by Gasteiger charge is -2.34. The summed E-state index contributed by atoms with van der Waals surface area (Å²) in [5, 5.41) is -0.494. The molecule has 2 saturated heterocycles. The van der Waals surface area contributed by atoms with E-state index in [1.807, 2.05) is 0 Å². The second-order valence-corrected chi connectivity index (χ2v) is 18.1. The van der Waals surface area contributed by atoms with Crippen molar-refractivity contribution >= 4 is 29.7 Å². The van der Waals surface area contributed by atoms with Crippen LogP contribution in [0.2, 0.25) is 0 Å². The smallest absolute Gasteiger partial charge is 0.211 e. The van der Waals surface area contributed by atoms with Gasteiger partial charge in [-0.05, 0) is 99.5 Å². The van der Waals surface area contributed by atoms with Crippen LogP contribution in [0.4, 0.5) is 8.78 Å². The first-order valence-electron chi connectivity index (χ1n) is 14.3. The van der Waals surface area contributed by atoms with Gasteiger partial charge in [-0.1, -0.05) is 12.1 Å². The van der Waals surface area contributed by atoms with E-state index in [1.165, 1.54) is 28.6 Å². The summed E-state index contributed by atoms with van der Waals surface area (Å²) in [4.78, 5) is 2.46. The van der Waals surface area contributed by atoms with E-state index in [1.54, 1.807) is 12.1 Å². The summed E-state index contributed by atoms with van der Waals surface area (Å²) in [5.74, 6) is -1.28. The van der Waals surface area contributed by atoms with Gasteiger partial charge >= 0.3 is 0 Å². The summed E-state index contributed by atoms with van der Waals surface area (Å²) in [6.07, 6.45) is 5.81. The maximum absolute atomic E-state index is 14.1. The number of likely N-dealkylation sites (tertiary alicyclic amines) is 1. The molecule has 0 N–H and O–H groups in total. The van der Waals surface area contributed by atoms with Crippen LogP contribution in [0.5, 0.6) is 0 Å². The van der Waals surface area contributed by atoms with Gasteiger partial charge in [0.2, 0.25) is 10.0 Å². The summed E-state index contributed by atoms with van der Waals surface area (Å²) in [6.45, 7) is 2.72. The van der Waals surface area contributed by atoms with Crippen molar-refractivity contribution < 1.29 is 34.0 Å². The van der Waals surface area contributed by atoms with Crippen LogP contribution in [0.25, 0.3) is 0 Å². The summed E-state index contributed by atoms with van der Waals surface area (Å²) in [6, 6.07) is 9.88. The molecule has 0 aromatic heterocycles. The van der Waals surface area contributed by atoms with Crippen molar-refractivity contribution in [3.05, 3.63) is 65.2 Å². The van der Waals surface area contributed by atoms with E-state index in [0.717, 1.165) is 50.1 Å². The summed E-state index contributed by atoms with van der Waals surface area (Å²) in [7, 11) is -9.98. The highest BCUT2D eigenvalue weighted by Crippen LogP contribution is 2.32.